The van der Waals surface area contributed by atoms with E-state index in [9.17, 15) is 19.1 Å². The van der Waals surface area contributed by atoms with Gasteiger partial charge in [-0.15, -0.1) is 0 Å². The van der Waals surface area contributed by atoms with Gasteiger partial charge in [-0.3, -0.25) is 4.79 Å². The van der Waals surface area contributed by atoms with Crippen LogP contribution in [-0.4, -0.2) is 79.0 Å². The molecule has 2 atom stereocenters. The molecular weight excluding hydrogens is 451 g/mol. The Morgan fingerprint density at radius 2 is 2.11 bits per heavy atom. The van der Waals surface area contributed by atoms with Gasteiger partial charge in [0.15, 0.2) is 0 Å². The first-order chi connectivity index (χ1) is 17.0. The van der Waals surface area contributed by atoms with Crippen molar-refractivity contribution in [2.45, 2.75) is 76.4 Å². The third-order valence-corrected chi connectivity index (χ3v) is 7.14. The van der Waals surface area contributed by atoms with Gasteiger partial charge in [0.05, 0.1) is 6.10 Å². The summed E-state index contributed by atoms with van der Waals surface area (Å²) in [7, 11) is 1.49. The Bertz CT molecular complexity index is 817. The number of carbonyl (C=O) groups is 2. The van der Waals surface area contributed by atoms with Crippen molar-refractivity contribution in [3.05, 3.63) is 23.4 Å². The number of fused-ring (bicyclic) bond motifs is 1. The quantitative estimate of drug-likeness (QED) is 0.305. The topological polar surface area (TPSA) is 104 Å². The average molecular weight is 493 g/mol. The molecule has 3 rings (SSSR count). The van der Waals surface area contributed by atoms with Gasteiger partial charge >= 0.3 is 5.97 Å². The predicted octanol–water partition coefficient (Wildman–Crippen LogP) is 3.20. The molecule has 0 radical (unpaired) electrons. The summed E-state index contributed by atoms with van der Waals surface area (Å²) in [5, 5.41) is 15.7. The summed E-state index contributed by atoms with van der Waals surface area (Å²) < 4.78 is 18.5. The molecule has 2 unspecified atom stereocenters. The Morgan fingerprint density at radius 1 is 1.29 bits per heavy atom. The third-order valence-electron chi connectivity index (χ3n) is 7.14. The van der Waals surface area contributed by atoms with Crippen molar-refractivity contribution in [1.82, 2.24) is 15.2 Å². The van der Waals surface area contributed by atoms with E-state index in [4.69, 9.17) is 9.72 Å². The Balaban J connectivity index is 1.47. The van der Waals surface area contributed by atoms with Crippen LogP contribution in [0, 0.1) is 5.92 Å². The van der Waals surface area contributed by atoms with Crippen LogP contribution in [0.1, 0.15) is 62.6 Å². The molecule has 0 bridgehead atoms. The van der Waals surface area contributed by atoms with Crippen molar-refractivity contribution in [3.63, 3.8) is 0 Å². The highest BCUT2D eigenvalue weighted by Crippen LogP contribution is 2.29. The molecule has 8 nitrogen and oxygen atoms in total. The molecular formula is C26H41FN4O4. The lowest BCUT2D eigenvalue weighted by Crippen LogP contribution is -2.45. The molecule has 1 fully saturated rings. The summed E-state index contributed by atoms with van der Waals surface area (Å²) in [4.78, 5) is 30.8. The number of carbonyl (C=O) groups excluding carboxylic acids is 1. The number of aromatic nitrogens is 1. The van der Waals surface area contributed by atoms with E-state index in [1.165, 1.54) is 12.7 Å². The van der Waals surface area contributed by atoms with Gasteiger partial charge in [0.2, 0.25) is 5.91 Å². The number of aryl methyl sites for hydroxylation is 2. The number of anilines is 1. The summed E-state index contributed by atoms with van der Waals surface area (Å²) in [6, 6.07) is 3.31. The predicted molar refractivity (Wildman–Crippen MR) is 133 cm³/mol. The van der Waals surface area contributed by atoms with Crippen LogP contribution in [0.2, 0.25) is 0 Å². The Labute approximate surface area is 208 Å². The standard InChI is InChI=1S/C26H41FN4O4/c1-35-22(17-27)18-31(15-12-23(26(33)34)30-24(32)16-19-6-4-7-19)14-3-2-9-21-11-10-20-8-5-13-28-25(20)29-21/h10-11,19,22-23H,2-9,12-18H2,1H3,(H,28,29)(H,30,32)(H,33,34). The number of amides is 1. The molecule has 1 saturated carbocycles. The zero-order chi connectivity index (χ0) is 25.0. The maximum atomic E-state index is 13.3. The number of nitrogens with zero attached hydrogens (tertiary/aromatic N) is 2. The number of hydrogen-bond acceptors (Lipinski definition) is 6. The number of ether oxygens (including phenoxy) is 1. The molecule has 35 heavy (non-hydrogen) atoms. The van der Waals surface area contributed by atoms with Crippen LogP contribution < -0.4 is 10.6 Å². The van der Waals surface area contributed by atoms with Gasteiger partial charge in [0.25, 0.3) is 0 Å². The van der Waals surface area contributed by atoms with E-state index in [0.29, 0.717) is 32.0 Å². The number of nitrogens with one attached hydrogen (secondary N) is 2. The second kappa shape index (κ2) is 14.3. The summed E-state index contributed by atoms with van der Waals surface area (Å²) in [5.41, 5.74) is 2.33. The van der Waals surface area contributed by atoms with Crippen LogP contribution >= 0.6 is 0 Å². The highest BCUT2D eigenvalue weighted by Gasteiger charge is 2.25. The van der Waals surface area contributed by atoms with E-state index in [1.807, 2.05) is 4.90 Å². The highest BCUT2D eigenvalue weighted by molar-refractivity contribution is 5.83. The van der Waals surface area contributed by atoms with Crippen LogP contribution in [0.4, 0.5) is 10.2 Å². The van der Waals surface area contributed by atoms with Gasteiger partial charge in [0, 0.05) is 38.9 Å². The fourth-order valence-electron chi connectivity index (χ4n) is 4.70. The second-order valence-corrected chi connectivity index (χ2v) is 9.86. The summed E-state index contributed by atoms with van der Waals surface area (Å²) >= 11 is 0. The average Bonchev–Trinajstić information content (AvgIpc) is 2.84. The fraction of sp³-hybridized carbons (Fsp3) is 0.731. The zero-order valence-corrected chi connectivity index (χ0v) is 20.9. The van der Waals surface area contributed by atoms with Crippen molar-refractivity contribution in [2.75, 3.05) is 45.3 Å². The molecule has 9 heteroatoms. The highest BCUT2D eigenvalue weighted by atomic mass is 19.1. The Hall–Kier alpha value is -2.26. The molecule has 1 aliphatic carbocycles. The first kappa shape index (κ1) is 27.3. The molecule has 0 aromatic carbocycles. The van der Waals surface area contributed by atoms with Gasteiger partial charge in [-0.05, 0) is 75.5 Å². The summed E-state index contributed by atoms with van der Waals surface area (Å²) in [6.45, 7) is 1.90. The van der Waals surface area contributed by atoms with Crippen molar-refractivity contribution in [2.24, 2.45) is 5.92 Å². The number of alkyl halides is 1. The van der Waals surface area contributed by atoms with E-state index < -0.39 is 24.8 Å². The minimum absolute atomic E-state index is 0.195. The van der Waals surface area contributed by atoms with E-state index in [1.54, 1.807) is 0 Å². The molecule has 2 heterocycles. The van der Waals surface area contributed by atoms with E-state index >= 15 is 0 Å². The van der Waals surface area contributed by atoms with Crippen LogP contribution in [0.3, 0.4) is 0 Å². The smallest absolute Gasteiger partial charge is 0.326 e. The zero-order valence-electron chi connectivity index (χ0n) is 20.9. The van der Waals surface area contributed by atoms with Crippen molar-refractivity contribution in [1.29, 1.82) is 0 Å². The van der Waals surface area contributed by atoms with Crippen molar-refractivity contribution < 1.29 is 23.8 Å². The van der Waals surface area contributed by atoms with Gasteiger partial charge in [-0.2, -0.15) is 0 Å². The Kier molecular flexibility index (Phi) is 11.2. The first-order valence-electron chi connectivity index (χ1n) is 13.0. The Morgan fingerprint density at radius 3 is 2.80 bits per heavy atom. The van der Waals surface area contributed by atoms with Crippen LogP contribution in [0.15, 0.2) is 12.1 Å². The monoisotopic (exact) mass is 492 g/mol. The second-order valence-electron chi connectivity index (χ2n) is 9.86. The number of rotatable bonds is 16. The number of carboxylic acids is 1. The van der Waals surface area contributed by atoms with Gasteiger partial charge in [-0.25, -0.2) is 14.2 Å². The molecule has 0 saturated heterocycles. The first-order valence-corrected chi connectivity index (χ1v) is 13.0. The van der Waals surface area contributed by atoms with E-state index in [0.717, 1.165) is 69.4 Å². The number of carboxylic acid groups (broad SMARTS) is 1. The fourth-order valence-corrected chi connectivity index (χ4v) is 4.70. The lowest BCUT2D eigenvalue weighted by molar-refractivity contribution is -0.142. The van der Waals surface area contributed by atoms with Gasteiger partial charge < -0.3 is 25.4 Å². The third kappa shape index (κ3) is 9.04. The lowest BCUT2D eigenvalue weighted by atomic mass is 9.83. The molecule has 1 aromatic heterocycles. The summed E-state index contributed by atoms with van der Waals surface area (Å²) in [6.07, 6.45) is 8.20. The maximum Gasteiger partial charge on any atom is 0.326 e. The molecule has 1 amide bonds. The minimum atomic E-state index is -1.03. The van der Waals surface area contributed by atoms with Crippen molar-refractivity contribution in [3.8, 4) is 0 Å². The van der Waals surface area contributed by atoms with Crippen molar-refractivity contribution >= 4 is 17.7 Å². The van der Waals surface area contributed by atoms with E-state index in [2.05, 4.69) is 22.8 Å². The minimum Gasteiger partial charge on any atom is -0.480 e. The van der Waals surface area contributed by atoms with Crippen LogP contribution in [0.25, 0.3) is 0 Å². The maximum absolute atomic E-state index is 13.3. The van der Waals surface area contributed by atoms with Gasteiger partial charge in [-0.1, -0.05) is 12.5 Å². The van der Waals surface area contributed by atoms with Crippen LogP contribution in [0.5, 0.6) is 0 Å². The molecule has 1 aliphatic heterocycles. The molecule has 1 aromatic rings. The molecule has 2 aliphatic rings. The molecule has 196 valence electrons. The number of methoxy groups -OCH3 is 1. The summed E-state index contributed by atoms with van der Waals surface area (Å²) in [5.74, 6) is 0.153. The molecule has 3 N–H and O–H groups in total. The number of hydrogen-bond donors (Lipinski definition) is 3. The lowest BCUT2D eigenvalue weighted by Gasteiger charge is -2.28. The van der Waals surface area contributed by atoms with Gasteiger partial charge in [0.1, 0.15) is 18.5 Å². The van der Waals surface area contributed by atoms with Crippen LogP contribution in [-0.2, 0) is 27.2 Å². The largest absolute Gasteiger partial charge is 0.480 e. The normalized spacial score (nSPS) is 17.2. The SMILES string of the molecule is COC(CF)CN(CCCCc1ccc2c(n1)NCCC2)CCC(NC(=O)CC1CCC1)C(=O)O. The van der Waals surface area contributed by atoms with E-state index in [-0.39, 0.29) is 12.3 Å². The number of unbranched alkanes of at least 4 members (excludes halogenated alkanes) is 1. The number of aliphatic carboxylic acids is 1. The number of halogens is 1. The number of pyridine rings is 1. The molecule has 0 spiro atoms.